The lowest BCUT2D eigenvalue weighted by Crippen LogP contribution is -2.01. The van der Waals surface area contributed by atoms with Crippen molar-refractivity contribution in [3.8, 4) is 17.0 Å². The van der Waals surface area contributed by atoms with Crippen molar-refractivity contribution in [1.82, 2.24) is 10.2 Å². The van der Waals surface area contributed by atoms with Gasteiger partial charge in [0.05, 0.1) is 17.3 Å². The van der Waals surface area contributed by atoms with E-state index in [4.69, 9.17) is 33.7 Å². The smallest absolute Gasteiger partial charge is 0.149 e. The molecule has 3 rings (SSSR count). The van der Waals surface area contributed by atoms with Crippen molar-refractivity contribution >= 4 is 29.0 Å². The largest absolute Gasteiger partial charge is 0.491 e. The van der Waals surface area contributed by atoms with Gasteiger partial charge in [0.1, 0.15) is 11.6 Å². The maximum Gasteiger partial charge on any atom is 0.149 e. The Morgan fingerprint density at radius 2 is 2.18 bits per heavy atom. The predicted octanol–water partition coefficient (Wildman–Crippen LogP) is 2.90. The Bertz CT molecular complexity index is 595. The van der Waals surface area contributed by atoms with Gasteiger partial charge >= 0.3 is 0 Å². The Hall–Kier alpha value is -1.39. The number of nitrogen functional groups attached to an aromatic ring is 1. The fourth-order valence-electron chi connectivity index (χ4n) is 2.00. The Balaban J connectivity index is 2.31. The van der Waals surface area contributed by atoms with Crippen LogP contribution < -0.4 is 10.5 Å². The normalized spacial score (nSPS) is 13.5. The van der Waals surface area contributed by atoms with Crippen LogP contribution in [0.3, 0.4) is 0 Å². The number of hydrogen-bond acceptors (Lipinski definition) is 3. The van der Waals surface area contributed by atoms with Crippen LogP contribution in [-0.2, 0) is 6.42 Å². The molecule has 1 aliphatic heterocycles. The third kappa shape index (κ3) is 1.64. The lowest BCUT2D eigenvalue weighted by molar-refractivity contribution is 0.327. The molecule has 0 saturated carbocycles. The zero-order chi connectivity index (χ0) is 12.0. The van der Waals surface area contributed by atoms with E-state index >= 15 is 0 Å². The van der Waals surface area contributed by atoms with E-state index < -0.39 is 0 Å². The zero-order valence-corrected chi connectivity index (χ0v) is 10.3. The van der Waals surface area contributed by atoms with Crippen molar-refractivity contribution in [3.05, 3.63) is 27.7 Å². The molecule has 1 aromatic heterocycles. The predicted molar refractivity (Wildman–Crippen MR) is 67.7 cm³/mol. The van der Waals surface area contributed by atoms with Crippen molar-refractivity contribution in [1.29, 1.82) is 0 Å². The number of nitrogens with zero attached hydrogens (tertiary/aromatic N) is 1. The van der Waals surface area contributed by atoms with Gasteiger partial charge in [0.2, 0.25) is 0 Å². The number of fused-ring (bicyclic) bond motifs is 3. The first kappa shape index (κ1) is 10.7. The monoisotopic (exact) mass is 269 g/mol. The summed E-state index contributed by atoms with van der Waals surface area (Å²) >= 11 is 12.1. The summed E-state index contributed by atoms with van der Waals surface area (Å²) in [4.78, 5) is 0. The number of anilines is 1. The van der Waals surface area contributed by atoms with Gasteiger partial charge in [0.15, 0.2) is 0 Å². The van der Waals surface area contributed by atoms with Crippen LogP contribution in [0.15, 0.2) is 12.1 Å². The van der Waals surface area contributed by atoms with Crippen molar-refractivity contribution in [3.63, 3.8) is 0 Å². The van der Waals surface area contributed by atoms with Gasteiger partial charge in [-0.25, -0.2) is 0 Å². The minimum atomic E-state index is 0.493. The van der Waals surface area contributed by atoms with Crippen LogP contribution in [0, 0.1) is 0 Å². The molecule has 3 N–H and O–H groups in total. The van der Waals surface area contributed by atoms with E-state index in [1.54, 1.807) is 12.1 Å². The zero-order valence-electron chi connectivity index (χ0n) is 8.76. The SMILES string of the molecule is Nc1n[nH]c2c1CCOc1c(Cl)cc(Cl)cc1-2. The maximum atomic E-state index is 6.12. The van der Waals surface area contributed by atoms with E-state index in [9.17, 15) is 0 Å². The molecule has 0 amide bonds. The summed E-state index contributed by atoms with van der Waals surface area (Å²) in [6, 6.07) is 3.46. The summed E-state index contributed by atoms with van der Waals surface area (Å²) in [6.07, 6.45) is 0.695. The molecule has 0 spiro atoms. The molecule has 0 radical (unpaired) electrons. The highest BCUT2D eigenvalue weighted by Gasteiger charge is 2.22. The average molecular weight is 270 g/mol. The van der Waals surface area contributed by atoms with Gasteiger partial charge in [-0.3, -0.25) is 5.10 Å². The van der Waals surface area contributed by atoms with Crippen molar-refractivity contribution in [2.24, 2.45) is 0 Å². The topological polar surface area (TPSA) is 63.9 Å². The standard InChI is InChI=1S/C11H9Cl2N3O/c12-5-3-7-9-6(11(14)16-15-9)1-2-17-10(7)8(13)4-5/h3-4H,1-2H2,(H3,14,15,16). The molecule has 1 aliphatic rings. The third-order valence-electron chi connectivity index (χ3n) is 2.78. The van der Waals surface area contributed by atoms with E-state index in [1.807, 2.05) is 0 Å². The summed E-state index contributed by atoms with van der Waals surface area (Å²) < 4.78 is 5.64. The number of ether oxygens (including phenoxy) is 1. The lowest BCUT2D eigenvalue weighted by Gasteiger charge is -2.09. The van der Waals surface area contributed by atoms with Crippen LogP contribution in [0.2, 0.25) is 10.0 Å². The lowest BCUT2D eigenvalue weighted by atomic mass is 10.1. The minimum Gasteiger partial charge on any atom is -0.491 e. The van der Waals surface area contributed by atoms with E-state index in [0.29, 0.717) is 34.6 Å². The van der Waals surface area contributed by atoms with Crippen LogP contribution in [0.5, 0.6) is 5.75 Å². The van der Waals surface area contributed by atoms with Crippen molar-refractivity contribution < 1.29 is 4.74 Å². The van der Waals surface area contributed by atoms with Gasteiger partial charge in [0.25, 0.3) is 0 Å². The number of nitrogens with two attached hydrogens (primary N) is 1. The molecular formula is C11H9Cl2N3O. The van der Waals surface area contributed by atoms with Gasteiger partial charge in [-0.1, -0.05) is 23.2 Å². The third-order valence-corrected chi connectivity index (χ3v) is 3.27. The van der Waals surface area contributed by atoms with E-state index in [1.165, 1.54) is 0 Å². The Kier molecular flexibility index (Phi) is 2.42. The highest BCUT2D eigenvalue weighted by molar-refractivity contribution is 6.36. The summed E-state index contributed by atoms with van der Waals surface area (Å²) in [5.41, 5.74) is 8.38. The van der Waals surface area contributed by atoms with Crippen LogP contribution in [0.4, 0.5) is 5.82 Å². The van der Waals surface area contributed by atoms with Gasteiger partial charge < -0.3 is 10.5 Å². The van der Waals surface area contributed by atoms with Gasteiger partial charge in [-0.2, -0.15) is 5.10 Å². The van der Waals surface area contributed by atoms with Gasteiger partial charge in [-0.05, 0) is 12.1 Å². The molecule has 2 heterocycles. The maximum absolute atomic E-state index is 6.12. The molecule has 0 aliphatic carbocycles. The van der Waals surface area contributed by atoms with E-state index in [-0.39, 0.29) is 0 Å². The molecule has 88 valence electrons. The second-order valence-electron chi connectivity index (χ2n) is 3.83. The van der Waals surface area contributed by atoms with E-state index in [0.717, 1.165) is 16.8 Å². The Labute approximate surface area is 108 Å². The first-order valence-electron chi connectivity index (χ1n) is 5.11. The van der Waals surface area contributed by atoms with Gasteiger partial charge in [0, 0.05) is 22.6 Å². The number of aromatic nitrogens is 2. The Morgan fingerprint density at radius 3 is 3.00 bits per heavy atom. The highest BCUT2D eigenvalue weighted by atomic mass is 35.5. The second-order valence-corrected chi connectivity index (χ2v) is 4.67. The number of rotatable bonds is 0. The summed E-state index contributed by atoms with van der Waals surface area (Å²) in [6.45, 7) is 0.519. The minimum absolute atomic E-state index is 0.493. The molecule has 17 heavy (non-hydrogen) atoms. The second kappa shape index (κ2) is 3.82. The molecule has 0 bridgehead atoms. The summed E-state index contributed by atoms with van der Waals surface area (Å²) in [5, 5.41) is 7.96. The van der Waals surface area contributed by atoms with Crippen LogP contribution in [-0.4, -0.2) is 16.8 Å². The molecular weight excluding hydrogens is 261 g/mol. The van der Waals surface area contributed by atoms with Crippen LogP contribution >= 0.6 is 23.2 Å². The average Bonchev–Trinajstić information content (AvgIpc) is 2.54. The number of benzene rings is 1. The number of H-pyrrole nitrogens is 1. The molecule has 0 atom stereocenters. The number of halogens is 2. The number of nitrogens with one attached hydrogen (secondary N) is 1. The quantitative estimate of drug-likeness (QED) is 0.773. The molecule has 0 saturated heterocycles. The molecule has 4 nitrogen and oxygen atoms in total. The number of aromatic amines is 1. The van der Waals surface area contributed by atoms with Crippen LogP contribution in [0.1, 0.15) is 5.56 Å². The summed E-state index contributed by atoms with van der Waals surface area (Å²) in [5.74, 6) is 1.12. The summed E-state index contributed by atoms with van der Waals surface area (Å²) in [7, 11) is 0. The molecule has 2 aromatic rings. The highest BCUT2D eigenvalue weighted by Crippen LogP contribution is 2.42. The molecule has 0 unspecified atom stereocenters. The van der Waals surface area contributed by atoms with Crippen LogP contribution in [0.25, 0.3) is 11.3 Å². The fraction of sp³-hybridized carbons (Fsp3) is 0.182. The Morgan fingerprint density at radius 1 is 1.35 bits per heavy atom. The van der Waals surface area contributed by atoms with Crippen molar-refractivity contribution in [2.75, 3.05) is 12.3 Å². The van der Waals surface area contributed by atoms with E-state index in [2.05, 4.69) is 10.2 Å². The first-order chi connectivity index (χ1) is 8.16. The fourth-order valence-corrected chi connectivity index (χ4v) is 2.55. The molecule has 6 heteroatoms. The van der Waals surface area contributed by atoms with Gasteiger partial charge in [-0.15, -0.1) is 0 Å². The first-order valence-corrected chi connectivity index (χ1v) is 5.87. The molecule has 0 fully saturated rings. The molecule has 1 aromatic carbocycles. The number of hydrogen-bond donors (Lipinski definition) is 2. The van der Waals surface area contributed by atoms with Crippen molar-refractivity contribution in [2.45, 2.75) is 6.42 Å².